The number of nitrogens with one attached hydrogen (secondary N) is 2. The lowest BCUT2D eigenvalue weighted by Crippen LogP contribution is -2.16. The molecule has 0 radical (unpaired) electrons. The Morgan fingerprint density at radius 3 is 0.972 bits per heavy atom. The lowest BCUT2D eigenvalue weighted by Gasteiger charge is -2.15. The first-order valence-electron chi connectivity index (χ1n) is 29.2. The molecule has 6 N–H and O–H groups in total. The molecule has 0 aliphatic heterocycles. The summed E-state index contributed by atoms with van der Waals surface area (Å²) in [5.74, 6) is -6.83. The van der Waals surface area contributed by atoms with Crippen LogP contribution in [0, 0.1) is 17.5 Å². The predicted octanol–water partition coefficient (Wildman–Crippen LogP) is 16.3. The van der Waals surface area contributed by atoms with Crippen LogP contribution in [0.2, 0.25) is 20.1 Å². The van der Waals surface area contributed by atoms with Gasteiger partial charge in [0.25, 0.3) is 38.1 Å². The molecule has 0 aliphatic carbocycles. The van der Waals surface area contributed by atoms with E-state index in [0.717, 1.165) is 86.0 Å². The molecule has 23 nitrogen and oxygen atoms in total. The minimum Gasteiger partial charge on any atom is -0.505 e. The summed E-state index contributed by atoms with van der Waals surface area (Å²) in [6, 6.07) is 49.3. The number of ether oxygens (including phenoxy) is 6. The van der Waals surface area contributed by atoms with Crippen molar-refractivity contribution in [1.82, 2.24) is 0 Å². The van der Waals surface area contributed by atoms with Crippen molar-refractivity contribution < 1.29 is 105 Å². The second-order valence-electron chi connectivity index (χ2n) is 20.9. The highest BCUT2D eigenvalue weighted by Crippen LogP contribution is 2.40. The predicted molar refractivity (Wildman–Crippen MR) is 396 cm³/mol. The van der Waals surface area contributed by atoms with Crippen molar-refractivity contribution in [2.75, 3.05) is 57.8 Å². The zero-order chi connectivity index (χ0) is 78.8. The van der Waals surface area contributed by atoms with E-state index in [1.54, 1.807) is 12.1 Å². The van der Waals surface area contributed by atoms with Gasteiger partial charge in [0.2, 0.25) is 0 Å². The Labute approximate surface area is 634 Å². The SMILES string of the molecule is COC(=O)c1cc(Cl)c(OC)c(S(=O)(=O)Cl)c1.COC(=O)c1cc(Cl)c(OC)c(S(=O)(=O)Nc2cc(-c3ccccc3)ccc2F)c1.COC(=O)c1cc(Cl)c(OC)c(S(=O)(=O)Nc2cc(-c3ccccc3)ccc2F)c1.Nc1cc(-c2ccccc2)ccc1F.O=C(O)c1cc(Cl)c(O)c(S(=O)(=O)Cl)c1. The quantitative estimate of drug-likeness (QED) is 0.0230. The molecule has 0 amide bonds. The minimum absolute atomic E-state index is 0.0301. The van der Waals surface area contributed by atoms with Gasteiger partial charge in [-0.15, -0.1) is 0 Å². The van der Waals surface area contributed by atoms with Crippen LogP contribution in [-0.2, 0) is 52.4 Å². The number of anilines is 3. The maximum Gasteiger partial charge on any atom is 0.337 e. The minimum atomic E-state index is -4.37. The molecule has 0 fully saturated rings. The Hall–Kier alpha value is -9.99. The van der Waals surface area contributed by atoms with Crippen LogP contribution in [0.3, 0.4) is 0 Å². The molecule has 0 saturated heterocycles. The van der Waals surface area contributed by atoms with Gasteiger partial charge in [-0.05, 0) is 118 Å². The van der Waals surface area contributed by atoms with Crippen molar-refractivity contribution in [3.63, 3.8) is 0 Å². The number of phenolic OH excluding ortho intramolecular Hbond substituents is 1. The van der Waals surface area contributed by atoms with Crippen molar-refractivity contribution >= 4 is 147 Å². The van der Waals surface area contributed by atoms with Crippen LogP contribution in [0.1, 0.15) is 41.4 Å². The first-order valence-corrected chi connectivity index (χ1v) is 38.3. The summed E-state index contributed by atoms with van der Waals surface area (Å²) in [6.07, 6.45) is 0. The fourth-order valence-corrected chi connectivity index (χ4v) is 14.9. The first-order chi connectivity index (χ1) is 49.8. The van der Waals surface area contributed by atoms with E-state index in [1.165, 1.54) is 69.9 Å². The third-order valence-electron chi connectivity index (χ3n) is 14.0. The normalized spacial score (nSPS) is 11.0. The van der Waals surface area contributed by atoms with E-state index in [9.17, 15) is 71.1 Å². The van der Waals surface area contributed by atoms with Gasteiger partial charge in [-0.2, -0.15) is 0 Å². The van der Waals surface area contributed by atoms with E-state index in [1.807, 2.05) is 91.0 Å². The van der Waals surface area contributed by atoms with Gasteiger partial charge in [0.05, 0.1) is 102 Å². The molecule has 0 bridgehead atoms. The number of nitrogen functional groups attached to an aromatic ring is 1. The van der Waals surface area contributed by atoms with E-state index in [2.05, 4.69) is 23.7 Å². The third kappa shape index (κ3) is 22.3. The van der Waals surface area contributed by atoms with Crippen LogP contribution < -0.4 is 29.4 Å². The van der Waals surface area contributed by atoms with Crippen molar-refractivity contribution in [2.24, 2.45) is 0 Å². The van der Waals surface area contributed by atoms with Crippen molar-refractivity contribution in [2.45, 2.75) is 19.6 Å². The van der Waals surface area contributed by atoms with Crippen LogP contribution in [0.5, 0.6) is 23.0 Å². The van der Waals surface area contributed by atoms with Crippen molar-refractivity contribution in [3.05, 3.63) is 254 Å². The highest BCUT2D eigenvalue weighted by atomic mass is 35.7. The number of carboxylic acids is 1. The van der Waals surface area contributed by atoms with Crippen LogP contribution in [-0.4, -0.2) is 110 Å². The number of carbonyl (C=O) groups excluding carboxylic acids is 3. The average Bonchev–Trinajstić information content (AvgIpc) is 0.786. The van der Waals surface area contributed by atoms with E-state index < -0.39 is 99.1 Å². The van der Waals surface area contributed by atoms with E-state index in [-0.39, 0.29) is 82.3 Å². The van der Waals surface area contributed by atoms with Gasteiger partial charge in [-0.1, -0.05) is 156 Å². The second-order valence-corrected chi connectivity index (χ2v) is 30.9. The number of rotatable bonds is 18. The molecule has 0 unspecified atom stereocenters. The highest BCUT2D eigenvalue weighted by Gasteiger charge is 2.29. The largest absolute Gasteiger partial charge is 0.505 e. The number of aromatic hydroxyl groups is 1. The Morgan fingerprint density at radius 1 is 0.377 bits per heavy atom. The zero-order valence-corrected chi connectivity index (χ0v) is 63.1. The summed E-state index contributed by atoms with van der Waals surface area (Å²) in [6.45, 7) is 0. The molecular weight excluding hydrogens is 1600 g/mol. The number of esters is 3. The van der Waals surface area contributed by atoms with Gasteiger partial charge in [0, 0.05) is 21.4 Å². The van der Waals surface area contributed by atoms with Gasteiger partial charge in [-0.25, -0.2) is 66.0 Å². The summed E-state index contributed by atoms with van der Waals surface area (Å²) >= 11 is 23.4. The molecular formula is C70H56Cl6F3N3O20S4. The number of hydrogen-bond donors (Lipinski definition) is 5. The molecule has 36 heteroatoms. The number of phenols is 1. The number of methoxy groups -OCH3 is 6. The molecule has 0 atom stereocenters. The first kappa shape index (κ1) is 84.9. The molecule has 558 valence electrons. The molecule has 10 aromatic carbocycles. The van der Waals surface area contributed by atoms with Crippen LogP contribution in [0.25, 0.3) is 33.4 Å². The van der Waals surface area contributed by atoms with Crippen molar-refractivity contribution in [3.8, 4) is 56.4 Å². The summed E-state index contributed by atoms with van der Waals surface area (Å²) in [5.41, 5.74) is 9.31. The lowest BCUT2D eigenvalue weighted by atomic mass is 10.1. The van der Waals surface area contributed by atoms with Crippen LogP contribution in [0.15, 0.2) is 214 Å². The van der Waals surface area contributed by atoms with E-state index in [4.69, 9.17) is 92.8 Å². The number of aromatic carboxylic acids is 1. The van der Waals surface area contributed by atoms with Crippen LogP contribution >= 0.6 is 67.8 Å². The summed E-state index contributed by atoms with van der Waals surface area (Å²) in [7, 11) is 0.296. The monoisotopic (exact) mass is 1650 g/mol. The number of halogens is 9. The second kappa shape index (κ2) is 37.3. The fraction of sp³-hybridized carbons (Fsp3) is 0.0857. The van der Waals surface area contributed by atoms with Gasteiger partial charge >= 0.3 is 23.9 Å². The van der Waals surface area contributed by atoms with Crippen LogP contribution in [0.4, 0.5) is 30.2 Å². The molecule has 0 saturated carbocycles. The fourth-order valence-electron chi connectivity index (χ4n) is 9.05. The average molecular weight is 1660 g/mol. The Balaban J connectivity index is 0.000000216. The maximum atomic E-state index is 14.4. The highest BCUT2D eigenvalue weighted by molar-refractivity contribution is 8.14. The molecule has 0 heterocycles. The molecule has 0 aromatic heterocycles. The summed E-state index contributed by atoms with van der Waals surface area (Å²) in [5, 5.41) is 17.2. The molecule has 106 heavy (non-hydrogen) atoms. The van der Waals surface area contributed by atoms with Crippen molar-refractivity contribution in [1.29, 1.82) is 0 Å². The molecule has 0 aliphatic rings. The number of sulfonamides is 2. The number of carbonyl (C=O) groups is 4. The Kier molecular flexibility index (Phi) is 29.9. The smallest absolute Gasteiger partial charge is 0.337 e. The lowest BCUT2D eigenvalue weighted by molar-refractivity contribution is 0.0591. The van der Waals surface area contributed by atoms with Gasteiger partial charge in [0.1, 0.15) is 37.0 Å². The zero-order valence-electron chi connectivity index (χ0n) is 55.3. The molecule has 10 aromatic rings. The van der Waals surface area contributed by atoms with Gasteiger partial charge in [0.15, 0.2) is 23.0 Å². The summed E-state index contributed by atoms with van der Waals surface area (Å²) in [4.78, 5) is 43.6. The molecule has 10 rings (SSSR count). The Bertz CT molecular complexity index is 5230. The topological polar surface area (TPSA) is 351 Å². The standard InChI is InChI=1S/2C21H17ClFNO5S.C12H10FN.C9H8Cl2O5S.C7H4Cl2O5S/c2*1-28-20-16(22)10-15(21(25)29-2)12-19(20)30(26,27)24-18-11-14(8-9-17(18)23)13-6-4-3-5-7-13;13-11-7-6-10(8-12(11)14)9-4-2-1-3-5-9;1-15-8-6(10)3-5(9(12)16-2)4-7(8)17(11,13)14;8-4-1-3(7(11)12)2-5(6(4)10)15(9,13)14/h2*3-12,24H,1-2H3;1-8H,14H2;3-4H,1-2H3;1-2,10H,(H,11,12). The van der Waals surface area contributed by atoms with Gasteiger partial charge in [-0.3, -0.25) is 9.44 Å². The summed E-state index contributed by atoms with van der Waals surface area (Å²) < 4.78 is 171. The molecule has 0 spiro atoms. The van der Waals surface area contributed by atoms with E-state index in [0.29, 0.717) is 11.1 Å². The van der Waals surface area contributed by atoms with Gasteiger partial charge < -0.3 is 44.4 Å². The van der Waals surface area contributed by atoms with E-state index >= 15 is 0 Å². The number of hydrogen-bond acceptors (Lipinski definition) is 20. The Morgan fingerprint density at radius 2 is 0.670 bits per heavy atom. The number of carboxylic acid groups (broad SMARTS) is 1. The maximum absolute atomic E-state index is 14.4. The number of benzene rings is 10. The number of nitrogens with two attached hydrogens (primary N) is 1. The third-order valence-corrected chi connectivity index (χ3v) is 20.6.